The van der Waals surface area contributed by atoms with Crippen LogP contribution in [-0.2, 0) is 0 Å². The number of nitriles is 2. The summed E-state index contributed by atoms with van der Waals surface area (Å²) in [6.45, 7) is 0. The number of fused-ring (bicyclic) bond motifs is 1. The van der Waals surface area contributed by atoms with Crippen LogP contribution >= 0.6 is 11.6 Å². The van der Waals surface area contributed by atoms with Gasteiger partial charge in [-0.05, 0) is 42.7 Å². The van der Waals surface area contributed by atoms with Gasteiger partial charge in [-0.2, -0.15) is 14.9 Å². The van der Waals surface area contributed by atoms with Gasteiger partial charge in [-0.3, -0.25) is 4.98 Å². The first-order chi connectivity index (χ1) is 19.8. The highest BCUT2D eigenvalue weighted by Gasteiger charge is 2.27. The standard InChI is InChI=1S/C28H18ClF2N9/c29-22-8-18(7-21-25(17(11-33)12-34-27(21)22)37-19-9-23(30)28(31)35-13-19)36-26(16-3-1-2-15(6-16)10-32)24-14-40(39-38-24)20-4-5-20/h1-3,6-9,12-14,20,26,36H,4-5H2,(H,34,37)/t26-/m0/s1/i26D. The largest absolute Gasteiger partial charge is 0.373 e. The lowest BCUT2D eigenvalue weighted by Crippen LogP contribution is -2.13. The van der Waals surface area contributed by atoms with E-state index in [2.05, 4.69) is 37.0 Å². The highest BCUT2D eigenvalue weighted by atomic mass is 35.5. The Bertz CT molecular complexity index is 1910. The Labute approximate surface area is 233 Å². The fraction of sp³-hybridized carbons (Fsp3) is 0.143. The van der Waals surface area contributed by atoms with E-state index in [1.807, 2.05) is 6.07 Å². The average Bonchev–Trinajstić information content (AvgIpc) is 3.70. The number of rotatable bonds is 7. The van der Waals surface area contributed by atoms with E-state index in [1.165, 1.54) is 6.20 Å². The first kappa shape index (κ1) is 23.9. The van der Waals surface area contributed by atoms with E-state index >= 15 is 0 Å². The number of nitrogens with zero attached hydrogens (tertiary/aromatic N) is 7. The number of halogens is 3. The minimum absolute atomic E-state index is 0.0993. The van der Waals surface area contributed by atoms with Gasteiger partial charge < -0.3 is 10.6 Å². The molecule has 9 nitrogen and oxygen atoms in total. The lowest BCUT2D eigenvalue weighted by molar-refractivity contribution is 0.480. The van der Waals surface area contributed by atoms with Gasteiger partial charge in [-0.15, -0.1) is 5.10 Å². The van der Waals surface area contributed by atoms with Crippen molar-refractivity contribution in [3.8, 4) is 12.1 Å². The molecule has 6 rings (SSSR count). The van der Waals surface area contributed by atoms with Crippen LogP contribution in [0.5, 0.6) is 0 Å². The monoisotopic (exact) mass is 554 g/mol. The molecule has 0 radical (unpaired) electrons. The van der Waals surface area contributed by atoms with E-state index in [9.17, 15) is 20.7 Å². The summed E-state index contributed by atoms with van der Waals surface area (Å²) in [5.74, 6) is -2.42. The molecule has 2 aromatic carbocycles. The highest BCUT2D eigenvalue weighted by Crippen LogP contribution is 2.38. The number of anilines is 3. The third kappa shape index (κ3) is 4.86. The van der Waals surface area contributed by atoms with Gasteiger partial charge in [0.15, 0.2) is 5.82 Å². The fourth-order valence-corrected chi connectivity index (χ4v) is 4.53. The first-order valence-electron chi connectivity index (χ1n) is 12.6. The lowest BCUT2D eigenvalue weighted by Gasteiger charge is -2.20. The second kappa shape index (κ2) is 10.2. The quantitative estimate of drug-likeness (QED) is 0.228. The van der Waals surface area contributed by atoms with Crippen molar-refractivity contribution in [2.45, 2.75) is 24.9 Å². The van der Waals surface area contributed by atoms with E-state index < -0.39 is 17.8 Å². The number of nitrogens with one attached hydrogen (secondary N) is 2. The van der Waals surface area contributed by atoms with Crippen molar-refractivity contribution < 1.29 is 10.2 Å². The minimum Gasteiger partial charge on any atom is -0.373 e. The Morgan fingerprint density at radius 1 is 1.07 bits per heavy atom. The molecule has 0 saturated heterocycles. The summed E-state index contributed by atoms with van der Waals surface area (Å²) in [7, 11) is 0. The topological polar surface area (TPSA) is 128 Å². The van der Waals surface area contributed by atoms with E-state index in [0.29, 0.717) is 33.4 Å². The van der Waals surface area contributed by atoms with Crippen LogP contribution in [-0.4, -0.2) is 25.0 Å². The van der Waals surface area contributed by atoms with Gasteiger partial charge >= 0.3 is 0 Å². The second-order valence-corrected chi connectivity index (χ2v) is 9.55. The molecule has 1 atom stereocenters. The maximum atomic E-state index is 13.9. The van der Waals surface area contributed by atoms with Gasteiger partial charge in [0.1, 0.15) is 11.8 Å². The molecule has 3 heterocycles. The highest BCUT2D eigenvalue weighted by molar-refractivity contribution is 6.36. The minimum atomic E-state index is -1.70. The van der Waals surface area contributed by atoms with Crippen molar-refractivity contribution in [2.75, 3.05) is 10.6 Å². The zero-order valence-electron chi connectivity index (χ0n) is 21.5. The molecule has 1 fully saturated rings. The maximum absolute atomic E-state index is 13.9. The predicted molar refractivity (Wildman–Crippen MR) is 144 cm³/mol. The lowest BCUT2D eigenvalue weighted by atomic mass is 10.0. The van der Waals surface area contributed by atoms with Crippen LogP contribution < -0.4 is 10.6 Å². The van der Waals surface area contributed by atoms with Gasteiger partial charge in [0.05, 0.1) is 64.9 Å². The number of hydrogen-bond acceptors (Lipinski definition) is 8. The van der Waals surface area contributed by atoms with Gasteiger partial charge in [0.25, 0.3) is 0 Å². The second-order valence-electron chi connectivity index (χ2n) is 9.14. The van der Waals surface area contributed by atoms with Gasteiger partial charge in [-0.1, -0.05) is 28.9 Å². The van der Waals surface area contributed by atoms with Crippen molar-refractivity contribution >= 4 is 39.6 Å². The maximum Gasteiger partial charge on any atom is 0.249 e. The Morgan fingerprint density at radius 3 is 2.67 bits per heavy atom. The van der Waals surface area contributed by atoms with Crippen LogP contribution in [0, 0.1) is 34.4 Å². The Balaban J connectivity index is 1.49. The molecule has 0 spiro atoms. The number of benzene rings is 2. The van der Waals surface area contributed by atoms with E-state index in [4.69, 9.17) is 11.6 Å². The molecule has 2 N–H and O–H groups in total. The summed E-state index contributed by atoms with van der Waals surface area (Å²) in [5.41, 5.74) is 2.24. The normalized spacial score (nSPS) is 14.6. The summed E-state index contributed by atoms with van der Waals surface area (Å²) < 4.78 is 38.6. The zero-order valence-corrected chi connectivity index (χ0v) is 21.3. The summed E-state index contributed by atoms with van der Waals surface area (Å²) >= 11 is 6.63. The molecule has 3 aromatic heterocycles. The molecule has 0 unspecified atom stereocenters. The summed E-state index contributed by atoms with van der Waals surface area (Å²) in [5, 5.41) is 34.5. The van der Waals surface area contributed by atoms with Crippen LogP contribution in [0.3, 0.4) is 0 Å². The van der Waals surface area contributed by atoms with Crippen LogP contribution in [0.2, 0.25) is 5.02 Å². The first-order valence-corrected chi connectivity index (χ1v) is 12.5. The third-order valence-electron chi connectivity index (χ3n) is 6.35. The summed E-state index contributed by atoms with van der Waals surface area (Å²) in [6.07, 6.45) is 6.06. The van der Waals surface area contributed by atoms with Crippen molar-refractivity contribution in [2.24, 2.45) is 0 Å². The summed E-state index contributed by atoms with van der Waals surface area (Å²) in [4.78, 5) is 7.70. The van der Waals surface area contributed by atoms with Gasteiger partial charge in [-0.25, -0.2) is 14.1 Å². The van der Waals surface area contributed by atoms with E-state index in [1.54, 1.807) is 47.3 Å². The predicted octanol–water partition coefficient (Wildman–Crippen LogP) is 6.18. The van der Waals surface area contributed by atoms with Crippen LogP contribution in [0.15, 0.2) is 61.1 Å². The molecule has 5 aromatic rings. The van der Waals surface area contributed by atoms with Crippen LogP contribution in [0.25, 0.3) is 10.9 Å². The van der Waals surface area contributed by atoms with Crippen LogP contribution in [0.4, 0.5) is 25.8 Å². The molecule has 1 aliphatic rings. The van der Waals surface area contributed by atoms with Crippen LogP contribution in [0.1, 0.15) is 48.7 Å². The molecule has 0 aliphatic heterocycles. The SMILES string of the molecule is [2H][C@](Nc1cc(Cl)c2ncc(C#N)c(Nc3cnc(F)c(F)c3)c2c1)(c1cccc(C#N)c1)c1cn(C2CC2)nn1. The Hall–Kier alpha value is -5.13. The average molecular weight is 555 g/mol. The van der Waals surface area contributed by atoms with E-state index in [0.717, 1.165) is 25.1 Å². The molecular formula is C28H18ClF2N9. The third-order valence-corrected chi connectivity index (χ3v) is 6.64. The Morgan fingerprint density at radius 2 is 1.93 bits per heavy atom. The van der Waals surface area contributed by atoms with Crippen molar-refractivity contribution in [3.05, 3.63) is 100 Å². The summed E-state index contributed by atoms with van der Waals surface area (Å²) in [6, 6.07) is 13.4. The van der Waals surface area contributed by atoms with Crippen molar-refractivity contribution in [3.63, 3.8) is 0 Å². The van der Waals surface area contributed by atoms with E-state index in [-0.39, 0.29) is 28.0 Å². The molecule has 196 valence electrons. The molecular weight excluding hydrogens is 536 g/mol. The van der Waals surface area contributed by atoms with Gasteiger partial charge in [0, 0.05) is 23.3 Å². The molecule has 12 heteroatoms. The molecule has 0 amide bonds. The van der Waals surface area contributed by atoms with Gasteiger partial charge in [0.2, 0.25) is 5.95 Å². The van der Waals surface area contributed by atoms with Crippen molar-refractivity contribution in [1.82, 2.24) is 25.0 Å². The molecule has 1 aliphatic carbocycles. The number of pyridine rings is 2. The fourth-order valence-electron chi connectivity index (χ4n) is 4.27. The van der Waals surface area contributed by atoms with Crippen molar-refractivity contribution in [1.29, 1.82) is 10.5 Å². The Kier molecular flexibility index (Phi) is 6.11. The molecule has 0 bridgehead atoms. The zero-order chi connectivity index (χ0) is 28.7. The molecule has 40 heavy (non-hydrogen) atoms. The smallest absolute Gasteiger partial charge is 0.249 e. The number of hydrogen-bond donors (Lipinski definition) is 2. The number of aromatic nitrogens is 5. The molecule has 1 saturated carbocycles.